The third-order valence-electron chi connectivity index (χ3n) is 4.26. The Morgan fingerprint density at radius 1 is 1.27 bits per heavy atom. The summed E-state index contributed by atoms with van der Waals surface area (Å²) in [5, 5.41) is 9.26. The molecule has 2 aromatic rings. The van der Waals surface area contributed by atoms with Crippen LogP contribution in [0.15, 0.2) is 0 Å². The number of alkyl halides is 3. The van der Waals surface area contributed by atoms with Gasteiger partial charge < -0.3 is 15.0 Å². The van der Waals surface area contributed by atoms with Gasteiger partial charge in [-0.25, -0.2) is 4.98 Å². The summed E-state index contributed by atoms with van der Waals surface area (Å²) in [6.45, 7) is 0.789. The van der Waals surface area contributed by atoms with E-state index in [0.717, 1.165) is 19.4 Å². The van der Waals surface area contributed by atoms with Crippen LogP contribution in [0.5, 0.6) is 0 Å². The van der Waals surface area contributed by atoms with Crippen molar-refractivity contribution in [1.29, 1.82) is 0 Å². The number of imidazole rings is 1. The van der Waals surface area contributed by atoms with E-state index in [1.165, 1.54) is 0 Å². The standard InChI is InChI=1S/C12H11ClF3N5O/c13-11-19-8-6(17-9(18-8)7(22)12(14,15)16)10(20-11)21-3-4-1-5(21)2-4/h4-5,7,22H,1-3H2,(H,17,18,19,20). The first-order valence-electron chi connectivity index (χ1n) is 6.77. The van der Waals surface area contributed by atoms with E-state index in [4.69, 9.17) is 11.6 Å². The van der Waals surface area contributed by atoms with Crippen molar-refractivity contribution < 1.29 is 18.3 Å². The van der Waals surface area contributed by atoms with Gasteiger partial charge in [-0.1, -0.05) is 0 Å². The Kier molecular flexibility index (Phi) is 2.83. The van der Waals surface area contributed by atoms with E-state index in [2.05, 4.69) is 19.9 Å². The van der Waals surface area contributed by atoms with Crippen molar-refractivity contribution in [1.82, 2.24) is 19.9 Å². The normalized spacial score (nSPS) is 25.6. The smallest absolute Gasteiger partial charge is 0.377 e. The van der Waals surface area contributed by atoms with Gasteiger partial charge in [-0.15, -0.1) is 0 Å². The van der Waals surface area contributed by atoms with Gasteiger partial charge in [-0.3, -0.25) is 0 Å². The fraction of sp³-hybridized carbons (Fsp3) is 0.583. The Morgan fingerprint density at radius 3 is 2.59 bits per heavy atom. The van der Waals surface area contributed by atoms with Gasteiger partial charge in [0.15, 0.2) is 17.0 Å². The molecular weight excluding hydrogens is 323 g/mol. The summed E-state index contributed by atoms with van der Waals surface area (Å²) >= 11 is 5.86. The number of nitrogens with zero attached hydrogens (tertiary/aromatic N) is 4. The van der Waals surface area contributed by atoms with Crippen LogP contribution in [0.2, 0.25) is 5.28 Å². The number of rotatable bonds is 2. The van der Waals surface area contributed by atoms with E-state index in [1.807, 2.05) is 4.90 Å². The molecule has 4 heterocycles. The summed E-state index contributed by atoms with van der Waals surface area (Å²) in [5.74, 6) is 0.414. The second kappa shape index (κ2) is 4.45. The minimum Gasteiger partial charge on any atom is -0.377 e. The molecule has 1 atom stereocenters. The first-order chi connectivity index (χ1) is 10.3. The number of hydrogen-bond acceptors (Lipinski definition) is 5. The number of halogens is 4. The molecule has 2 saturated heterocycles. The molecule has 0 amide bonds. The number of aliphatic hydroxyl groups excluding tert-OH is 1. The van der Waals surface area contributed by atoms with Gasteiger partial charge in [0, 0.05) is 12.6 Å². The van der Waals surface area contributed by atoms with Gasteiger partial charge in [0.1, 0.15) is 5.82 Å². The summed E-state index contributed by atoms with van der Waals surface area (Å²) in [6.07, 6.45) is -5.40. The average molecular weight is 334 g/mol. The van der Waals surface area contributed by atoms with E-state index < -0.39 is 18.1 Å². The number of fused-ring (bicyclic) bond motifs is 2. The fourth-order valence-corrected chi connectivity index (χ4v) is 3.32. The van der Waals surface area contributed by atoms with Crippen molar-refractivity contribution in [3.05, 3.63) is 11.1 Å². The lowest BCUT2D eigenvalue weighted by Gasteiger charge is -2.26. The maximum absolute atomic E-state index is 12.6. The van der Waals surface area contributed by atoms with Crippen molar-refractivity contribution in [2.75, 3.05) is 11.4 Å². The third kappa shape index (κ3) is 2.03. The Labute approximate surface area is 127 Å². The molecule has 10 heteroatoms. The highest BCUT2D eigenvalue weighted by molar-refractivity contribution is 6.28. The van der Waals surface area contributed by atoms with Crippen molar-refractivity contribution >= 4 is 28.6 Å². The zero-order valence-electron chi connectivity index (χ0n) is 11.1. The molecule has 2 N–H and O–H groups in total. The van der Waals surface area contributed by atoms with E-state index >= 15 is 0 Å². The van der Waals surface area contributed by atoms with E-state index in [9.17, 15) is 18.3 Å². The number of H-pyrrole nitrogens is 1. The number of aromatic nitrogens is 4. The highest BCUT2D eigenvalue weighted by Gasteiger charge is 2.45. The van der Waals surface area contributed by atoms with E-state index in [0.29, 0.717) is 17.8 Å². The molecule has 22 heavy (non-hydrogen) atoms. The summed E-state index contributed by atoms with van der Waals surface area (Å²) in [6, 6.07) is 0.326. The van der Waals surface area contributed by atoms with Crippen molar-refractivity contribution in [3.63, 3.8) is 0 Å². The summed E-state index contributed by atoms with van der Waals surface area (Å²) in [5.41, 5.74) is 0.299. The van der Waals surface area contributed by atoms with Crippen LogP contribution in [0.1, 0.15) is 24.8 Å². The van der Waals surface area contributed by atoms with Gasteiger partial charge in [-0.2, -0.15) is 23.1 Å². The second-order valence-electron chi connectivity index (χ2n) is 5.72. The number of hydrogen-bond donors (Lipinski definition) is 2. The topological polar surface area (TPSA) is 77.9 Å². The highest BCUT2D eigenvalue weighted by Crippen LogP contribution is 2.44. The number of anilines is 1. The zero-order valence-corrected chi connectivity index (χ0v) is 11.9. The number of nitrogens with one attached hydrogen (secondary N) is 1. The van der Waals surface area contributed by atoms with E-state index in [1.54, 1.807) is 0 Å². The monoisotopic (exact) mass is 333 g/mol. The van der Waals surface area contributed by atoms with E-state index in [-0.39, 0.29) is 16.4 Å². The molecular formula is C12H11ClF3N5O. The van der Waals surface area contributed by atoms with Crippen LogP contribution < -0.4 is 4.90 Å². The Morgan fingerprint density at radius 2 is 2.00 bits per heavy atom. The minimum absolute atomic E-state index is 0.0664. The molecule has 0 aromatic carbocycles. The molecule has 1 saturated carbocycles. The third-order valence-corrected chi connectivity index (χ3v) is 4.43. The first kappa shape index (κ1) is 14.0. The lowest BCUT2D eigenvalue weighted by molar-refractivity contribution is -0.208. The predicted octanol–water partition coefficient (Wildman–Crippen LogP) is 2.20. The Hall–Kier alpha value is -1.61. The summed E-state index contributed by atoms with van der Waals surface area (Å²) < 4.78 is 37.9. The van der Waals surface area contributed by atoms with Crippen LogP contribution in [0, 0.1) is 5.92 Å². The van der Waals surface area contributed by atoms with Crippen LogP contribution in [0.25, 0.3) is 11.2 Å². The number of aliphatic hydroxyl groups is 1. The van der Waals surface area contributed by atoms with Crippen molar-refractivity contribution in [2.45, 2.75) is 31.2 Å². The lowest BCUT2D eigenvalue weighted by Crippen LogP contribution is -2.29. The van der Waals surface area contributed by atoms with Crippen LogP contribution in [-0.4, -0.2) is 43.8 Å². The first-order valence-corrected chi connectivity index (χ1v) is 7.15. The molecule has 0 radical (unpaired) electrons. The largest absolute Gasteiger partial charge is 0.421 e. The fourth-order valence-electron chi connectivity index (χ4n) is 3.15. The highest BCUT2D eigenvalue weighted by atomic mass is 35.5. The second-order valence-corrected chi connectivity index (χ2v) is 6.06. The van der Waals surface area contributed by atoms with Gasteiger partial charge in [-0.05, 0) is 30.4 Å². The number of aromatic amines is 1. The quantitative estimate of drug-likeness (QED) is 0.824. The van der Waals surface area contributed by atoms with Gasteiger partial charge in [0.2, 0.25) is 11.4 Å². The molecule has 3 fully saturated rings. The van der Waals surface area contributed by atoms with Gasteiger partial charge in [0.05, 0.1) is 0 Å². The van der Waals surface area contributed by atoms with Crippen LogP contribution in [0.3, 0.4) is 0 Å². The molecule has 1 unspecified atom stereocenters. The van der Waals surface area contributed by atoms with Crippen LogP contribution in [0.4, 0.5) is 19.0 Å². The molecule has 2 aliphatic heterocycles. The van der Waals surface area contributed by atoms with Gasteiger partial charge >= 0.3 is 6.18 Å². The predicted molar refractivity (Wildman–Crippen MR) is 71.6 cm³/mol. The van der Waals surface area contributed by atoms with Crippen LogP contribution in [-0.2, 0) is 0 Å². The molecule has 2 bridgehead atoms. The maximum atomic E-state index is 12.6. The molecule has 2 aromatic heterocycles. The molecule has 118 valence electrons. The zero-order chi connectivity index (χ0) is 15.6. The average Bonchev–Trinajstić information content (AvgIpc) is 3.06. The molecule has 0 spiro atoms. The summed E-state index contributed by atoms with van der Waals surface area (Å²) in [7, 11) is 0. The summed E-state index contributed by atoms with van der Waals surface area (Å²) in [4.78, 5) is 16.3. The Balaban J connectivity index is 1.81. The lowest BCUT2D eigenvalue weighted by atomic mass is 9.86. The minimum atomic E-state index is -4.81. The van der Waals surface area contributed by atoms with Crippen molar-refractivity contribution in [2.24, 2.45) is 5.92 Å². The van der Waals surface area contributed by atoms with Gasteiger partial charge in [0.25, 0.3) is 0 Å². The van der Waals surface area contributed by atoms with Crippen molar-refractivity contribution in [3.8, 4) is 0 Å². The SMILES string of the molecule is OC(c1nc2c(N3CC4CC3C4)nc(Cl)nc2[nH]1)C(F)(F)F. The molecule has 5 rings (SSSR count). The molecule has 6 nitrogen and oxygen atoms in total. The Bertz CT molecular complexity index is 742. The van der Waals surface area contributed by atoms with Crippen LogP contribution >= 0.6 is 11.6 Å². The molecule has 1 aliphatic carbocycles. The maximum Gasteiger partial charge on any atom is 0.421 e. The molecule has 3 aliphatic rings.